The van der Waals surface area contributed by atoms with Gasteiger partial charge in [-0.2, -0.15) is 0 Å². The summed E-state index contributed by atoms with van der Waals surface area (Å²) in [5.41, 5.74) is 6.94. The van der Waals surface area contributed by atoms with Crippen molar-refractivity contribution >= 4 is 11.6 Å². The van der Waals surface area contributed by atoms with Crippen LogP contribution in [0.15, 0.2) is 24.3 Å². The van der Waals surface area contributed by atoms with Gasteiger partial charge in [0, 0.05) is 30.1 Å². The van der Waals surface area contributed by atoms with Crippen LogP contribution in [0.1, 0.15) is 24.3 Å². The van der Waals surface area contributed by atoms with Crippen LogP contribution in [0.25, 0.3) is 0 Å². The molecule has 0 radical (unpaired) electrons. The van der Waals surface area contributed by atoms with Crippen LogP contribution in [-0.2, 0) is 0 Å². The first-order valence-electron chi connectivity index (χ1n) is 5.49. The van der Waals surface area contributed by atoms with Gasteiger partial charge in [0.15, 0.2) is 0 Å². The summed E-state index contributed by atoms with van der Waals surface area (Å²) in [5.74, 6) is 0.333. The molecule has 0 bridgehead atoms. The lowest BCUT2D eigenvalue weighted by Gasteiger charge is -2.17. The molecule has 2 nitrogen and oxygen atoms in total. The fourth-order valence-electron chi connectivity index (χ4n) is 1.72. The first kappa shape index (κ1) is 10.9. The second kappa shape index (κ2) is 4.97. The normalized spacial score (nSPS) is 17.7. The van der Waals surface area contributed by atoms with Gasteiger partial charge in [-0.05, 0) is 24.5 Å². The van der Waals surface area contributed by atoms with Crippen molar-refractivity contribution in [2.75, 3.05) is 13.1 Å². The van der Waals surface area contributed by atoms with Gasteiger partial charge in [-0.15, -0.1) is 0 Å². The molecule has 3 N–H and O–H groups in total. The highest BCUT2D eigenvalue weighted by Crippen LogP contribution is 2.25. The molecule has 0 saturated heterocycles. The van der Waals surface area contributed by atoms with Gasteiger partial charge < -0.3 is 11.1 Å². The first-order valence-corrected chi connectivity index (χ1v) is 5.87. The summed E-state index contributed by atoms with van der Waals surface area (Å²) < 4.78 is 0. The number of benzene rings is 1. The van der Waals surface area contributed by atoms with Gasteiger partial charge in [0.05, 0.1) is 0 Å². The van der Waals surface area contributed by atoms with E-state index in [0.717, 1.165) is 23.2 Å². The van der Waals surface area contributed by atoms with Gasteiger partial charge in [-0.3, -0.25) is 0 Å². The number of halogens is 1. The third-order valence-corrected chi connectivity index (χ3v) is 3.20. The Morgan fingerprint density at radius 2 is 2.13 bits per heavy atom. The Hall–Kier alpha value is -0.570. The van der Waals surface area contributed by atoms with E-state index in [1.165, 1.54) is 12.8 Å². The summed E-state index contributed by atoms with van der Waals surface area (Å²) in [6.07, 6.45) is 2.61. The molecule has 1 aliphatic carbocycles. The summed E-state index contributed by atoms with van der Waals surface area (Å²) in [6.45, 7) is 1.58. The number of nitrogens with two attached hydrogens (primary N) is 1. The molecule has 1 saturated carbocycles. The SMILES string of the molecule is NCC(CNC1CC1)c1ccccc1Cl. The van der Waals surface area contributed by atoms with Gasteiger partial charge in [-0.1, -0.05) is 29.8 Å². The molecule has 0 spiro atoms. The Labute approximate surface area is 95.8 Å². The molecule has 1 aromatic rings. The van der Waals surface area contributed by atoms with Gasteiger partial charge in [0.25, 0.3) is 0 Å². The second-order valence-electron chi connectivity index (χ2n) is 4.14. The van der Waals surface area contributed by atoms with E-state index in [2.05, 4.69) is 11.4 Å². The van der Waals surface area contributed by atoms with Crippen molar-refractivity contribution in [2.45, 2.75) is 24.8 Å². The Morgan fingerprint density at radius 1 is 1.40 bits per heavy atom. The molecule has 0 heterocycles. The first-order chi connectivity index (χ1) is 7.31. The van der Waals surface area contributed by atoms with Crippen LogP contribution >= 0.6 is 11.6 Å². The number of hydrogen-bond acceptors (Lipinski definition) is 2. The molecule has 0 aliphatic heterocycles. The molecule has 82 valence electrons. The van der Waals surface area contributed by atoms with Crippen molar-refractivity contribution in [2.24, 2.45) is 5.73 Å². The third kappa shape index (κ3) is 2.94. The fourth-order valence-corrected chi connectivity index (χ4v) is 2.01. The summed E-state index contributed by atoms with van der Waals surface area (Å²) >= 11 is 6.15. The van der Waals surface area contributed by atoms with Gasteiger partial charge in [-0.25, -0.2) is 0 Å². The minimum Gasteiger partial charge on any atom is -0.330 e. The van der Waals surface area contributed by atoms with Crippen molar-refractivity contribution in [3.8, 4) is 0 Å². The van der Waals surface area contributed by atoms with E-state index >= 15 is 0 Å². The summed E-state index contributed by atoms with van der Waals surface area (Å²) in [4.78, 5) is 0. The van der Waals surface area contributed by atoms with Crippen molar-refractivity contribution in [1.29, 1.82) is 0 Å². The van der Waals surface area contributed by atoms with Gasteiger partial charge >= 0.3 is 0 Å². The maximum atomic E-state index is 6.15. The molecule has 1 unspecified atom stereocenters. The zero-order valence-electron chi connectivity index (χ0n) is 8.75. The Morgan fingerprint density at radius 3 is 2.73 bits per heavy atom. The Bertz CT molecular complexity index is 323. The lowest BCUT2D eigenvalue weighted by atomic mass is 9.99. The standard InChI is InChI=1S/C12H17ClN2/c13-12-4-2-1-3-11(12)9(7-14)8-15-10-5-6-10/h1-4,9-10,15H,5-8,14H2. The van der Waals surface area contributed by atoms with E-state index in [1.807, 2.05) is 18.2 Å². The molecule has 0 aromatic heterocycles. The summed E-state index contributed by atoms with van der Waals surface area (Å²) in [5, 5.41) is 4.32. The van der Waals surface area contributed by atoms with E-state index in [9.17, 15) is 0 Å². The fraction of sp³-hybridized carbons (Fsp3) is 0.500. The van der Waals surface area contributed by atoms with E-state index in [-0.39, 0.29) is 0 Å². The zero-order chi connectivity index (χ0) is 10.7. The largest absolute Gasteiger partial charge is 0.330 e. The van der Waals surface area contributed by atoms with Crippen LogP contribution in [-0.4, -0.2) is 19.1 Å². The van der Waals surface area contributed by atoms with Crippen LogP contribution in [0.3, 0.4) is 0 Å². The van der Waals surface area contributed by atoms with Crippen molar-refractivity contribution in [3.05, 3.63) is 34.9 Å². The minimum absolute atomic E-state index is 0.333. The number of hydrogen-bond donors (Lipinski definition) is 2. The quantitative estimate of drug-likeness (QED) is 0.804. The van der Waals surface area contributed by atoms with E-state index in [1.54, 1.807) is 0 Å². The number of rotatable bonds is 5. The maximum Gasteiger partial charge on any atom is 0.0441 e. The summed E-state index contributed by atoms with van der Waals surface area (Å²) in [6, 6.07) is 8.68. The smallest absolute Gasteiger partial charge is 0.0441 e. The average molecular weight is 225 g/mol. The predicted molar refractivity (Wildman–Crippen MR) is 64.3 cm³/mol. The molecule has 2 rings (SSSR count). The second-order valence-corrected chi connectivity index (χ2v) is 4.54. The van der Waals surface area contributed by atoms with Crippen molar-refractivity contribution in [1.82, 2.24) is 5.32 Å². The Balaban J connectivity index is 2.00. The van der Waals surface area contributed by atoms with E-state index < -0.39 is 0 Å². The van der Waals surface area contributed by atoms with Crippen molar-refractivity contribution in [3.63, 3.8) is 0 Å². The maximum absolute atomic E-state index is 6.15. The molecular weight excluding hydrogens is 208 g/mol. The third-order valence-electron chi connectivity index (χ3n) is 2.86. The topological polar surface area (TPSA) is 38.0 Å². The van der Waals surface area contributed by atoms with Gasteiger partial charge in [0.1, 0.15) is 0 Å². The van der Waals surface area contributed by atoms with Crippen molar-refractivity contribution < 1.29 is 0 Å². The van der Waals surface area contributed by atoms with Gasteiger partial charge in [0.2, 0.25) is 0 Å². The highest BCUT2D eigenvalue weighted by molar-refractivity contribution is 6.31. The zero-order valence-corrected chi connectivity index (χ0v) is 9.50. The predicted octanol–water partition coefficient (Wildman–Crippen LogP) is 2.13. The van der Waals surface area contributed by atoms with Crippen LogP contribution in [0, 0.1) is 0 Å². The molecular formula is C12H17ClN2. The van der Waals surface area contributed by atoms with Crippen LogP contribution in [0.4, 0.5) is 0 Å². The molecule has 15 heavy (non-hydrogen) atoms. The van der Waals surface area contributed by atoms with Crippen LogP contribution in [0.5, 0.6) is 0 Å². The van der Waals surface area contributed by atoms with E-state index in [0.29, 0.717) is 12.5 Å². The number of nitrogens with one attached hydrogen (secondary N) is 1. The molecule has 1 aromatic carbocycles. The lowest BCUT2D eigenvalue weighted by Crippen LogP contribution is -2.28. The van der Waals surface area contributed by atoms with E-state index in [4.69, 9.17) is 17.3 Å². The van der Waals surface area contributed by atoms with Crippen LogP contribution in [0.2, 0.25) is 5.02 Å². The molecule has 1 fully saturated rings. The molecule has 0 amide bonds. The molecule has 1 aliphatic rings. The summed E-state index contributed by atoms with van der Waals surface area (Å²) in [7, 11) is 0. The molecule has 3 heteroatoms. The Kier molecular flexibility index (Phi) is 3.62. The highest BCUT2D eigenvalue weighted by Gasteiger charge is 2.22. The molecule has 1 atom stereocenters. The lowest BCUT2D eigenvalue weighted by molar-refractivity contribution is 0.586. The van der Waals surface area contributed by atoms with Crippen LogP contribution < -0.4 is 11.1 Å². The highest BCUT2D eigenvalue weighted by atomic mass is 35.5. The monoisotopic (exact) mass is 224 g/mol. The average Bonchev–Trinajstić information content (AvgIpc) is 3.05. The minimum atomic E-state index is 0.333.